The fourth-order valence-electron chi connectivity index (χ4n) is 1.09. The van der Waals surface area contributed by atoms with Gasteiger partial charge in [0.1, 0.15) is 0 Å². The molecule has 0 aliphatic heterocycles. The van der Waals surface area contributed by atoms with Gasteiger partial charge in [-0.05, 0) is 12.3 Å². The third-order valence-corrected chi connectivity index (χ3v) is 2.79. The molecule has 0 rings (SSSR count). The zero-order valence-corrected chi connectivity index (χ0v) is 15.1. The van der Waals surface area contributed by atoms with Gasteiger partial charge in [0, 0.05) is 0 Å². The van der Waals surface area contributed by atoms with Crippen molar-refractivity contribution in [1.29, 1.82) is 0 Å². The first-order valence-electron chi connectivity index (χ1n) is 4.66. The molecule has 0 radical (unpaired) electrons. The molecule has 14 heavy (non-hydrogen) atoms. The zero-order valence-electron chi connectivity index (χ0n) is 8.90. The average molecular weight is 362 g/mol. The van der Waals surface area contributed by atoms with Crippen molar-refractivity contribution < 1.29 is 14.3 Å². The molecule has 0 heterocycles. The van der Waals surface area contributed by atoms with E-state index in [2.05, 4.69) is 23.3 Å². The second-order valence-corrected chi connectivity index (χ2v) is 5.65. The molecule has 1 atom stereocenters. The maximum Gasteiger partial charge on any atom is 2.00 e. The Bertz CT molecular complexity index is 174. The topological polar surface area (TPSA) is 55.3 Å². The van der Waals surface area contributed by atoms with Gasteiger partial charge < -0.3 is 14.3 Å². The minimum absolute atomic E-state index is 0. The van der Waals surface area contributed by atoms with Crippen LogP contribution in [0.5, 0.6) is 0 Å². The molecule has 80 valence electrons. The van der Waals surface area contributed by atoms with E-state index < -0.39 is 6.72 Å². The Morgan fingerprint density at radius 1 is 1.36 bits per heavy atom. The van der Waals surface area contributed by atoms with Crippen LogP contribution in [-0.2, 0) is 16.3 Å². The molecule has 0 fully saturated rings. The number of rotatable bonds is 7. The molecule has 0 aromatic rings. The molecule has 0 aliphatic carbocycles. The van der Waals surface area contributed by atoms with E-state index in [1.54, 1.807) is 0 Å². The Balaban J connectivity index is 0. The van der Waals surface area contributed by atoms with E-state index in [0.29, 0.717) is 5.92 Å². The first-order chi connectivity index (χ1) is 5.99. The molecule has 0 saturated heterocycles. The summed E-state index contributed by atoms with van der Waals surface area (Å²) in [5.41, 5.74) is 0. The summed E-state index contributed by atoms with van der Waals surface area (Å²) in [6, 6.07) is 0. The predicted octanol–water partition coefficient (Wildman–Crippen LogP) is 0.784. The van der Waals surface area contributed by atoms with Crippen molar-refractivity contribution in [3.05, 3.63) is 0 Å². The molecule has 1 unspecified atom stereocenters. The maximum absolute atomic E-state index is 10.5. The second kappa shape index (κ2) is 10.3. The maximum atomic E-state index is 10.5. The van der Waals surface area contributed by atoms with Gasteiger partial charge in [-0.1, -0.05) is 39.8 Å². The summed E-state index contributed by atoms with van der Waals surface area (Å²) >= 11 is 4.14. The normalized spacial score (nSPS) is 13.4. The number of hydrogen-bond acceptors (Lipinski definition) is 4. The Morgan fingerprint density at radius 3 is 2.29 bits per heavy atom. The van der Waals surface area contributed by atoms with Crippen LogP contribution in [0.25, 0.3) is 0 Å². The van der Waals surface area contributed by atoms with E-state index in [-0.39, 0.29) is 55.5 Å². The van der Waals surface area contributed by atoms with Gasteiger partial charge in [0.25, 0.3) is 0 Å². The van der Waals surface area contributed by atoms with Crippen LogP contribution in [-0.4, -0.2) is 55.5 Å². The van der Waals surface area contributed by atoms with Crippen LogP contribution < -0.4 is 9.79 Å². The van der Waals surface area contributed by atoms with Crippen LogP contribution in [0.15, 0.2) is 0 Å². The fraction of sp³-hybridized carbons (Fsp3) is 1.00. The predicted molar refractivity (Wildman–Crippen MR) is 59.3 cm³/mol. The van der Waals surface area contributed by atoms with Crippen molar-refractivity contribution in [1.82, 2.24) is 0 Å². The van der Waals surface area contributed by atoms with Crippen LogP contribution in [0.2, 0.25) is 0 Å². The Kier molecular flexibility index (Phi) is 13.5. The van der Waals surface area contributed by atoms with Gasteiger partial charge in [-0.2, -0.15) is 0 Å². The summed E-state index contributed by atoms with van der Waals surface area (Å²) in [6.07, 6.45) is 4.19. The van der Waals surface area contributed by atoms with Gasteiger partial charge in [0.15, 0.2) is 0 Å². The van der Waals surface area contributed by atoms with Gasteiger partial charge in [0.2, 0.25) is 0 Å². The van der Waals surface area contributed by atoms with Gasteiger partial charge in [0.05, 0.1) is 6.61 Å². The average Bonchev–Trinajstić information content (AvgIpc) is 2.03. The third kappa shape index (κ3) is 12.2. The van der Waals surface area contributed by atoms with Gasteiger partial charge in [-0.15, -0.1) is 11.8 Å². The molecule has 3 nitrogen and oxygen atoms in total. The van der Waals surface area contributed by atoms with E-state index in [9.17, 15) is 9.79 Å². The Hall–Kier alpha value is 2.10. The summed E-state index contributed by atoms with van der Waals surface area (Å²) in [6.45, 7) is 0.460. The Labute approximate surface area is 132 Å². The molecule has 0 aliphatic rings. The Morgan fingerprint density at radius 2 is 1.93 bits per heavy atom. The molecule has 6 heteroatoms. The van der Waals surface area contributed by atoms with E-state index in [1.165, 1.54) is 0 Å². The summed E-state index contributed by atoms with van der Waals surface area (Å²) in [7, 11) is 0. The SMILES string of the molecule is CCCCC(CC)COP([O-])([O-])=S.[Ba+2]. The number of unbranched alkanes of at least 4 members (excludes halogenated alkanes) is 1. The summed E-state index contributed by atoms with van der Waals surface area (Å²) in [4.78, 5) is 21.1. The molecule has 0 spiro atoms. The van der Waals surface area contributed by atoms with Crippen LogP contribution in [0.4, 0.5) is 0 Å². The van der Waals surface area contributed by atoms with Gasteiger partial charge in [-0.3, -0.25) is 0 Å². The standard InChI is InChI=1S/C8H19O3PS.Ba/c1-3-5-6-8(4-2)7-11-12(9,10)13;/h8H,3-7H2,1-2H3,(H2,9,10,13);/q;+2/p-2. The monoisotopic (exact) mass is 362 g/mol. The number of hydrogen-bond donors (Lipinski definition) is 0. The van der Waals surface area contributed by atoms with Crippen molar-refractivity contribution in [3.63, 3.8) is 0 Å². The molecular formula is C8H17BaO3PS. The summed E-state index contributed by atoms with van der Waals surface area (Å²) < 4.78 is 4.59. The quantitative estimate of drug-likeness (QED) is 0.497. The van der Waals surface area contributed by atoms with Crippen molar-refractivity contribution in [2.75, 3.05) is 6.61 Å². The smallest absolute Gasteiger partial charge is 0.812 e. The van der Waals surface area contributed by atoms with Crippen molar-refractivity contribution in [3.8, 4) is 0 Å². The molecule has 0 aromatic carbocycles. The molecule has 0 saturated carbocycles. The van der Waals surface area contributed by atoms with Gasteiger partial charge in [-0.25, -0.2) is 0 Å². The van der Waals surface area contributed by atoms with E-state index in [0.717, 1.165) is 25.7 Å². The van der Waals surface area contributed by atoms with Crippen molar-refractivity contribution >= 4 is 67.4 Å². The first-order valence-corrected chi connectivity index (χ1v) is 7.21. The largest absolute Gasteiger partial charge is 2.00 e. The van der Waals surface area contributed by atoms with Crippen LogP contribution >= 0.6 is 6.72 Å². The summed E-state index contributed by atoms with van der Waals surface area (Å²) in [5.74, 6) is 0.324. The summed E-state index contributed by atoms with van der Waals surface area (Å²) in [5, 5.41) is 0. The van der Waals surface area contributed by atoms with Crippen LogP contribution in [0.3, 0.4) is 0 Å². The van der Waals surface area contributed by atoms with Crippen molar-refractivity contribution in [2.24, 2.45) is 5.92 Å². The molecule has 0 aromatic heterocycles. The molecule has 0 N–H and O–H groups in total. The van der Waals surface area contributed by atoms with E-state index >= 15 is 0 Å². The minimum Gasteiger partial charge on any atom is -0.812 e. The molecule has 0 bridgehead atoms. The third-order valence-electron chi connectivity index (χ3n) is 2.01. The first kappa shape index (κ1) is 18.5. The van der Waals surface area contributed by atoms with E-state index in [1.807, 2.05) is 6.92 Å². The second-order valence-electron chi connectivity index (χ2n) is 3.16. The van der Waals surface area contributed by atoms with Crippen LogP contribution in [0, 0.1) is 5.92 Å². The van der Waals surface area contributed by atoms with Crippen LogP contribution in [0.1, 0.15) is 39.5 Å². The fourth-order valence-corrected chi connectivity index (χ4v) is 1.67. The minimum atomic E-state index is -3.93. The molecular weight excluding hydrogens is 344 g/mol. The van der Waals surface area contributed by atoms with E-state index in [4.69, 9.17) is 0 Å². The van der Waals surface area contributed by atoms with Gasteiger partial charge >= 0.3 is 48.9 Å². The zero-order chi connectivity index (χ0) is 10.3. The van der Waals surface area contributed by atoms with Crippen molar-refractivity contribution in [2.45, 2.75) is 39.5 Å². The molecule has 0 amide bonds.